The van der Waals surface area contributed by atoms with Gasteiger partial charge in [-0.3, -0.25) is 0 Å². The molecular weight excluding hydrogens is 202 g/mol. The normalized spacial score (nSPS) is 20.6. The molecule has 0 radical (unpaired) electrons. The molecule has 1 aliphatic heterocycles. The molecule has 16 heavy (non-hydrogen) atoms. The third-order valence-electron chi connectivity index (χ3n) is 2.94. The highest BCUT2D eigenvalue weighted by Crippen LogP contribution is 2.15. The second kappa shape index (κ2) is 9.62. The van der Waals surface area contributed by atoms with Crippen LogP contribution in [-0.2, 0) is 9.47 Å². The monoisotopic (exact) mass is 225 g/mol. The zero-order valence-corrected chi connectivity index (χ0v) is 10.1. The van der Waals surface area contributed by atoms with Crippen molar-refractivity contribution in [3.8, 4) is 6.07 Å². The summed E-state index contributed by atoms with van der Waals surface area (Å²) < 4.78 is 11.2. The van der Waals surface area contributed by atoms with E-state index in [-0.39, 0.29) is 0 Å². The van der Waals surface area contributed by atoms with E-state index in [0.717, 1.165) is 45.5 Å². The Kier molecular flexibility index (Phi) is 8.10. The highest BCUT2D eigenvalue weighted by atomic mass is 16.5. The molecule has 1 rings (SSSR count). The summed E-state index contributed by atoms with van der Waals surface area (Å²) in [5.74, 6) is 0. The van der Waals surface area contributed by atoms with E-state index in [9.17, 15) is 0 Å². The molecule has 1 atom stereocenters. The molecule has 0 aliphatic carbocycles. The van der Waals surface area contributed by atoms with Crippen molar-refractivity contribution >= 4 is 0 Å². The molecule has 0 bridgehead atoms. The first-order valence-electron chi connectivity index (χ1n) is 6.50. The van der Waals surface area contributed by atoms with E-state index in [1.807, 2.05) is 0 Å². The minimum absolute atomic E-state index is 0.437. The molecule has 1 saturated heterocycles. The maximum Gasteiger partial charge on any atom is 0.0621 e. The second-order valence-electron chi connectivity index (χ2n) is 4.36. The van der Waals surface area contributed by atoms with Crippen molar-refractivity contribution in [1.82, 2.24) is 0 Å². The molecule has 92 valence electrons. The highest BCUT2D eigenvalue weighted by Gasteiger charge is 2.12. The van der Waals surface area contributed by atoms with Gasteiger partial charge in [-0.2, -0.15) is 5.26 Å². The first kappa shape index (κ1) is 13.5. The van der Waals surface area contributed by atoms with Crippen molar-refractivity contribution in [3.63, 3.8) is 0 Å². The van der Waals surface area contributed by atoms with Gasteiger partial charge >= 0.3 is 0 Å². The molecular formula is C13H23NO2. The van der Waals surface area contributed by atoms with Gasteiger partial charge in [0.05, 0.1) is 12.2 Å². The lowest BCUT2D eigenvalue weighted by molar-refractivity contribution is -0.00782. The number of nitriles is 1. The van der Waals surface area contributed by atoms with Gasteiger partial charge in [0.15, 0.2) is 0 Å². The predicted octanol–water partition coefficient (Wildman–Crippen LogP) is 3.05. The van der Waals surface area contributed by atoms with Gasteiger partial charge in [-0.15, -0.1) is 0 Å². The van der Waals surface area contributed by atoms with Crippen LogP contribution >= 0.6 is 0 Å². The van der Waals surface area contributed by atoms with Crippen molar-refractivity contribution in [3.05, 3.63) is 0 Å². The molecule has 0 aromatic heterocycles. The summed E-state index contributed by atoms with van der Waals surface area (Å²) in [5, 5.41) is 8.36. The van der Waals surface area contributed by atoms with Gasteiger partial charge in [0, 0.05) is 26.2 Å². The van der Waals surface area contributed by atoms with Gasteiger partial charge in [0.1, 0.15) is 0 Å². The van der Waals surface area contributed by atoms with Crippen LogP contribution in [0.25, 0.3) is 0 Å². The number of unbranched alkanes of at least 4 members (excludes halogenated alkanes) is 3. The molecule has 1 fully saturated rings. The van der Waals surface area contributed by atoms with Crippen molar-refractivity contribution in [2.45, 2.75) is 57.5 Å². The SMILES string of the molecule is N#CCCCCCOCCC1CCCCO1. The molecule has 0 spiro atoms. The summed E-state index contributed by atoms with van der Waals surface area (Å²) in [7, 11) is 0. The first-order valence-corrected chi connectivity index (χ1v) is 6.50. The minimum atomic E-state index is 0.437. The van der Waals surface area contributed by atoms with Crippen LogP contribution < -0.4 is 0 Å². The molecule has 0 aromatic rings. The van der Waals surface area contributed by atoms with Crippen LogP contribution in [0, 0.1) is 11.3 Å². The molecule has 0 amide bonds. The Bertz CT molecular complexity index is 195. The van der Waals surface area contributed by atoms with Gasteiger partial charge in [-0.05, 0) is 38.5 Å². The van der Waals surface area contributed by atoms with Crippen LogP contribution in [-0.4, -0.2) is 25.9 Å². The van der Waals surface area contributed by atoms with E-state index < -0.39 is 0 Å². The molecule has 3 nitrogen and oxygen atoms in total. The lowest BCUT2D eigenvalue weighted by atomic mass is 10.1. The van der Waals surface area contributed by atoms with E-state index in [1.165, 1.54) is 19.3 Å². The van der Waals surface area contributed by atoms with E-state index in [1.54, 1.807) is 0 Å². The van der Waals surface area contributed by atoms with E-state index in [0.29, 0.717) is 12.5 Å². The zero-order valence-electron chi connectivity index (χ0n) is 10.1. The lowest BCUT2D eigenvalue weighted by Crippen LogP contribution is -2.20. The topological polar surface area (TPSA) is 42.2 Å². The number of hydrogen-bond donors (Lipinski definition) is 0. The Morgan fingerprint density at radius 2 is 2.12 bits per heavy atom. The van der Waals surface area contributed by atoms with Gasteiger partial charge in [0.2, 0.25) is 0 Å². The molecule has 3 heteroatoms. The molecule has 1 unspecified atom stereocenters. The van der Waals surface area contributed by atoms with E-state index in [2.05, 4.69) is 6.07 Å². The summed E-state index contributed by atoms with van der Waals surface area (Å²) >= 11 is 0. The molecule has 0 N–H and O–H groups in total. The van der Waals surface area contributed by atoms with Crippen molar-refractivity contribution < 1.29 is 9.47 Å². The number of ether oxygens (including phenoxy) is 2. The van der Waals surface area contributed by atoms with Gasteiger partial charge in [0.25, 0.3) is 0 Å². The smallest absolute Gasteiger partial charge is 0.0621 e. The Morgan fingerprint density at radius 3 is 2.88 bits per heavy atom. The Hall–Kier alpha value is -0.590. The zero-order chi connectivity index (χ0) is 11.5. The van der Waals surface area contributed by atoms with Crippen molar-refractivity contribution in [2.24, 2.45) is 0 Å². The largest absolute Gasteiger partial charge is 0.381 e. The number of rotatable bonds is 8. The summed E-state index contributed by atoms with van der Waals surface area (Å²) in [6.45, 7) is 2.58. The van der Waals surface area contributed by atoms with Crippen LogP contribution in [0.2, 0.25) is 0 Å². The third kappa shape index (κ3) is 6.81. The minimum Gasteiger partial charge on any atom is -0.381 e. The second-order valence-corrected chi connectivity index (χ2v) is 4.36. The van der Waals surface area contributed by atoms with Crippen molar-refractivity contribution in [2.75, 3.05) is 19.8 Å². The van der Waals surface area contributed by atoms with E-state index in [4.69, 9.17) is 14.7 Å². The molecule has 0 saturated carbocycles. The Balaban J connectivity index is 1.79. The summed E-state index contributed by atoms with van der Waals surface area (Å²) in [6.07, 6.45) is 9.06. The van der Waals surface area contributed by atoms with Crippen LogP contribution in [0.1, 0.15) is 51.4 Å². The maximum atomic E-state index is 8.36. The van der Waals surface area contributed by atoms with Crippen LogP contribution in [0.5, 0.6) is 0 Å². The predicted molar refractivity (Wildman–Crippen MR) is 63.1 cm³/mol. The summed E-state index contributed by atoms with van der Waals surface area (Å²) in [5.41, 5.74) is 0. The Morgan fingerprint density at radius 1 is 1.19 bits per heavy atom. The van der Waals surface area contributed by atoms with Gasteiger partial charge in [-0.25, -0.2) is 0 Å². The highest BCUT2D eigenvalue weighted by molar-refractivity contribution is 4.67. The van der Waals surface area contributed by atoms with Crippen LogP contribution in [0.3, 0.4) is 0 Å². The average molecular weight is 225 g/mol. The van der Waals surface area contributed by atoms with Gasteiger partial charge < -0.3 is 9.47 Å². The molecule has 1 heterocycles. The van der Waals surface area contributed by atoms with Gasteiger partial charge in [-0.1, -0.05) is 6.42 Å². The third-order valence-corrected chi connectivity index (χ3v) is 2.94. The summed E-state index contributed by atoms with van der Waals surface area (Å²) in [4.78, 5) is 0. The molecule has 0 aromatic carbocycles. The Labute approximate surface area is 98.7 Å². The van der Waals surface area contributed by atoms with Crippen LogP contribution in [0.15, 0.2) is 0 Å². The van der Waals surface area contributed by atoms with E-state index >= 15 is 0 Å². The quantitative estimate of drug-likeness (QED) is 0.596. The standard InChI is InChI=1S/C13H23NO2/c14-9-4-1-2-5-10-15-12-8-13-7-3-6-11-16-13/h13H,1-8,10-12H2. The fourth-order valence-electron chi connectivity index (χ4n) is 1.94. The molecule has 1 aliphatic rings. The number of hydrogen-bond acceptors (Lipinski definition) is 3. The average Bonchev–Trinajstić information content (AvgIpc) is 2.34. The van der Waals surface area contributed by atoms with Crippen LogP contribution in [0.4, 0.5) is 0 Å². The fraction of sp³-hybridized carbons (Fsp3) is 0.923. The summed E-state index contributed by atoms with van der Waals surface area (Å²) in [6, 6.07) is 2.16. The lowest BCUT2D eigenvalue weighted by Gasteiger charge is -2.22. The maximum absolute atomic E-state index is 8.36. The first-order chi connectivity index (χ1) is 7.93. The fourth-order valence-corrected chi connectivity index (χ4v) is 1.94. The number of nitrogens with zero attached hydrogens (tertiary/aromatic N) is 1. The van der Waals surface area contributed by atoms with Crippen molar-refractivity contribution in [1.29, 1.82) is 5.26 Å².